The Morgan fingerprint density at radius 1 is 1.26 bits per heavy atom. The summed E-state index contributed by atoms with van der Waals surface area (Å²) >= 11 is 0. The number of alkyl carbamates (subject to hydrolysis) is 1. The van der Waals surface area contributed by atoms with Gasteiger partial charge in [-0.2, -0.15) is 13.2 Å². The molecule has 3 rings (SSSR count). The fourth-order valence-electron chi connectivity index (χ4n) is 3.90. The van der Waals surface area contributed by atoms with E-state index < -0.39 is 48.0 Å². The minimum absolute atomic E-state index is 0.0321. The molecule has 1 aromatic carbocycles. The predicted molar refractivity (Wildman–Crippen MR) is 119 cm³/mol. The van der Waals surface area contributed by atoms with E-state index in [1.807, 2.05) is 0 Å². The maximum absolute atomic E-state index is 15.4. The lowest BCUT2D eigenvalue weighted by Gasteiger charge is -2.35. The van der Waals surface area contributed by atoms with Crippen LogP contribution in [0.4, 0.5) is 26.7 Å². The Morgan fingerprint density at radius 2 is 2.00 bits per heavy atom. The van der Waals surface area contributed by atoms with E-state index in [-0.39, 0.29) is 44.2 Å². The van der Waals surface area contributed by atoms with Crippen molar-refractivity contribution in [2.75, 3.05) is 19.6 Å². The van der Waals surface area contributed by atoms with Crippen LogP contribution in [0.5, 0.6) is 5.75 Å². The van der Waals surface area contributed by atoms with Gasteiger partial charge in [-0.1, -0.05) is 6.07 Å². The average Bonchev–Trinajstić information content (AvgIpc) is 2.92. The van der Waals surface area contributed by atoms with E-state index in [2.05, 4.69) is 15.6 Å². The van der Waals surface area contributed by atoms with Crippen molar-refractivity contribution in [2.45, 2.75) is 76.2 Å². The summed E-state index contributed by atoms with van der Waals surface area (Å²) in [6.07, 6.45) is -6.54. The van der Waals surface area contributed by atoms with Crippen molar-refractivity contribution in [3.8, 4) is 5.75 Å². The first-order valence-corrected chi connectivity index (χ1v) is 11.5. The summed E-state index contributed by atoms with van der Waals surface area (Å²) in [4.78, 5) is 17.3. The molecule has 7 nitrogen and oxygen atoms in total. The highest BCUT2D eigenvalue weighted by Crippen LogP contribution is 2.31. The lowest BCUT2D eigenvalue weighted by molar-refractivity contribution is -0.154. The van der Waals surface area contributed by atoms with Gasteiger partial charge in [-0.3, -0.25) is 0 Å². The molecule has 35 heavy (non-hydrogen) atoms. The van der Waals surface area contributed by atoms with Crippen molar-refractivity contribution in [2.24, 2.45) is 4.99 Å². The molecule has 2 aliphatic heterocycles. The van der Waals surface area contributed by atoms with Gasteiger partial charge in [0.2, 0.25) is 0 Å². The second-order valence-corrected chi connectivity index (χ2v) is 9.80. The molecular weight excluding hydrogens is 475 g/mol. The zero-order valence-electron chi connectivity index (χ0n) is 19.9. The summed E-state index contributed by atoms with van der Waals surface area (Å²) < 4.78 is 80.3. The Hall–Kier alpha value is -2.79. The normalized spacial score (nSPS) is 25.7. The van der Waals surface area contributed by atoms with Gasteiger partial charge in [0.15, 0.2) is 18.2 Å². The molecule has 2 heterocycles. The Bertz CT molecular complexity index is 921. The number of carbonyl (C=O) groups is 1. The first-order chi connectivity index (χ1) is 16.2. The largest absolute Gasteiger partial charge is 0.470 e. The number of hydrogen-bond acceptors (Lipinski definition) is 6. The van der Waals surface area contributed by atoms with Crippen LogP contribution in [0.15, 0.2) is 29.3 Å². The number of guanidine groups is 1. The Labute approximate surface area is 201 Å². The van der Waals surface area contributed by atoms with Crippen LogP contribution in [0.3, 0.4) is 0 Å². The van der Waals surface area contributed by atoms with Gasteiger partial charge in [-0.15, -0.1) is 0 Å². The molecule has 0 aliphatic carbocycles. The van der Waals surface area contributed by atoms with Crippen LogP contribution in [0.2, 0.25) is 0 Å². The van der Waals surface area contributed by atoms with Gasteiger partial charge in [-0.05, 0) is 45.7 Å². The number of rotatable bonds is 4. The Morgan fingerprint density at radius 3 is 2.66 bits per heavy atom. The van der Waals surface area contributed by atoms with Crippen LogP contribution in [0.25, 0.3) is 0 Å². The molecule has 3 atom stereocenters. The maximum atomic E-state index is 15.4. The maximum Gasteiger partial charge on any atom is 0.411 e. The van der Waals surface area contributed by atoms with Crippen molar-refractivity contribution < 1.29 is 36.2 Å². The smallest absolute Gasteiger partial charge is 0.411 e. The van der Waals surface area contributed by atoms with Crippen LogP contribution < -0.4 is 15.4 Å². The predicted octanol–water partition coefficient (Wildman–Crippen LogP) is 4.53. The van der Waals surface area contributed by atoms with Crippen LogP contribution in [-0.4, -0.2) is 66.3 Å². The molecule has 0 aromatic heterocycles. The number of carbonyl (C=O) groups excluding carboxylic acids is 1. The zero-order valence-corrected chi connectivity index (χ0v) is 19.9. The van der Waals surface area contributed by atoms with Crippen molar-refractivity contribution in [3.63, 3.8) is 0 Å². The first kappa shape index (κ1) is 26.8. The highest BCUT2D eigenvalue weighted by molar-refractivity contribution is 5.81. The van der Waals surface area contributed by atoms with Gasteiger partial charge in [0.25, 0.3) is 0 Å². The minimum Gasteiger partial charge on any atom is -0.470 e. The van der Waals surface area contributed by atoms with Gasteiger partial charge in [-0.25, -0.2) is 18.6 Å². The van der Waals surface area contributed by atoms with Crippen molar-refractivity contribution in [3.05, 3.63) is 30.1 Å². The molecular formula is C23H31F5N4O3. The Balaban J connectivity index is 1.66. The van der Waals surface area contributed by atoms with E-state index in [0.717, 1.165) is 6.07 Å². The Kier molecular flexibility index (Phi) is 8.00. The second-order valence-electron chi connectivity index (χ2n) is 9.80. The number of ether oxygens (including phenoxy) is 2. The summed E-state index contributed by atoms with van der Waals surface area (Å²) in [5.74, 6) is -0.549. The van der Waals surface area contributed by atoms with E-state index in [0.29, 0.717) is 6.42 Å². The second kappa shape index (κ2) is 10.4. The quantitative estimate of drug-likeness (QED) is 0.587. The number of alkyl halides is 4. The number of aliphatic imine (C=N–C) groups is 1. The summed E-state index contributed by atoms with van der Waals surface area (Å²) in [6, 6.07) is 3.09. The molecule has 12 heteroatoms. The molecule has 3 unspecified atom stereocenters. The molecule has 2 aliphatic rings. The van der Waals surface area contributed by atoms with Crippen LogP contribution >= 0.6 is 0 Å². The monoisotopic (exact) mass is 506 g/mol. The summed E-state index contributed by atoms with van der Waals surface area (Å²) in [5.41, 5.74) is -2.47. The number of nitrogens with one attached hydrogen (secondary N) is 2. The molecule has 1 fully saturated rings. The van der Waals surface area contributed by atoms with E-state index >= 15 is 4.39 Å². The molecule has 0 spiro atoms. The fourth-order valence-corrected chi connectivity index (χ4v) is 3.90. The van der Waals surface area contributed by atoms with E-state index in [1.54, 1.807) is 25.7 Å². The molecule has 2 N–H and O–H groups in total. The lowest BCUT2D eigenvalue weighted by atomic mass is 9.97. The number of nitrogens with zero attached hydrogens (tertiary/aromatic N) is 2. The topological polar surface area (TPSA) is 75.2 Å². The number of amides is 1. The molecule has 0 bridgehead atoms. The minimum atomic E-state index is -4.61. The van der Waals surface area contributed by atoms with Gasteiger partial charge < -0.3 is 25.0 Å². The average molecular weight is 507 g/mol. The summed E-state index contributed by atoms with van der Waals surface area (Å²) in [7, 11) is 0. The fraction of sp³-hybridized carbons (Fsp3) is 0.652. The standard InChI is InChI=1S/C23H31F5N4O3/c1-21(2,3)35-20(33)29-14-22(25)8-5-10-32(11-9-22)19-30-17(23(26,27)28)13-18(31-19)34-16-7-4-6-15(24)12-16/h4,6-7,12,17-18H,5,8-11,13-14H2,1-3H3,(H,29,33)(H,30,31). The van der Waals surface area contributed by atoms with Crippen LogP contribution in [0.1, 0.15) is 46.5 Å². The molecule has 1 amide bonds. The summed E-state index contributed by atoms with van der Waals surface area (Å²) in [6.45, 7) is 5.15. The SMILES string of the molecule is CC(C)(C)OC(=O)NCC1(F)CCCN(C2=NC(C(F)(F)F)CC(Oc3cccc(F)c3)N2)CC1. The van der Waals surface area contributed by atoms with Crippen molar-refractivity contribution in [1.82, 2.24) is 15.5 Å². The highest BCUT2D eigenvalue weighted by atomic mass is 19.4. The van der Waals surface area contributed by atoms with Gasteiger partial charge in [0.1, 0.15) is 22.8 Å². The number of likely N-dealkylation sites (tertiary alicyclic amines) is 1. The third-order valence-electron chi connectivity index (χ3n) is 5.59. The van der Waals surface area contributed by atoms with Crippen LogP contribution in [-0.2, 0) is 4.74 Å². The summed E-state index contributed by atoms with van der Waals surface area (Å²) in [5, 5.41) is 5.28. The van der Waals surface area contributed by atoms with Crippen molar-refractivity contribution >= 4 is 12.1 Å². The first-order valence-electron chi connectivity index (χ1n) is 11.5. The molecule has 0 saturated carbocycles. The number of halogens is 5. The van der Waals surface area contributed by atoms with Crippen molar-refractivity contribution in [1.29, 1.82) is 0 Å². The molecule has 1 aromatic rings. The number of benzene rings is 1. The van der Waals surface area contributed by atoms with E-state index in [4.69, 9.17) is 9.47 Å². The molecule has 196 valence electrons. The lowest BCUT2D eigenvalue weighted by Crippen LogP contribution is -2.55. The van der Waals surface area contributed by atoms with Gasteiger partial charge in [0.05, 0.1) is 6.54 Å². The van der Waals surface area contributed by atoms with Gasteiger partial charge >= 0.3 is 12.3 Å². The van der Waals surface area contributed by atoms with E-state index in [1.165, 1.54) is 18.2 Å². The number of hydrogen-bond donors (Lipinski definition) is 2. The third kappa shape index (κ3) is 8.14. The zero-order chi connectivity index (χ0) is 25.9. The molecule has 0 radical (unpaired) electrons. The third-order valence-corrected chi connectivity index (χ3v) is 5.59. The van der Waals surface area contributed by atoms with Crippen LogP contribution in [0, 0.1) is 5.82 Å². The van der Waals surface area contributed by atoms with E-state index in [9.17, 15) is 22.4 Å². The van der Waals surface area contributed by atoms with Gasteiger partial charge in [0, 0.05) is 32.0 Å². The molecule has 1 saturated heterocycles. The highest BCUT2D eigenvalue weighted by Gasteiger charge is 2.45.